The van der Waals surface area contributed by atoms with E-state index in [1.54, 1.807) is 0 Å². The van der Waals surface area contributed by atoms with Gasteiger partial charge in [0.25, 0.3) is 0 Å². The van der Waals surface area contributed by atoms with Crippen molar-refractivity contribution < 1.29 is 0 Å². The van der Waals surface area contributed by atoms with Crippen LogP contribution in [0.4, 0.5) is 0 Å². The Kier molecular flexibility index (Phi) is 3.90. The molecule has 0 amide bonds. The number of aliphatic imine (C=N–C) groups is 1. The van der Waals surface area contributed by atoms with Crippen LogP contribution in [-0.2, 0) is 0 Å². The maximum atomic E-state index is 4.92. The van der Waals surface area contributed by atoms with E-state index in [1.807, 2.05) is 23.1 Å². The molecule has 1 N–H and O–H groups in total. The molecular weight excluding hydrogens is 272 g/mol. The molecule has 3 unspecified atom stereocenters. The van der Waals surface area contributed by atoms with E-state index in [9.17, 15) is 0 Å². The van der Waals surface area contributed by atoms with E-state index in [4.69, 9.17) is 4.99 Å². The van der Waals surface area contributed by atoms with Crippen LogP contribution in [0.15, 0.2) is 11.1 Å². The first-order valence-corrected chi connectivity index (χ1v) is 8.98. The molecule has 4 heteroatoms. The predicted octanol–water partition coefficient (Wildman–Crippen LogP) is 4.29. The molecule has 1 aliphatic heterocycles. The molecule has 0 saturated heterocycles. The van der Waals surface area contributed by atoms with E-state index in [0.717, 1.165) is 5.92 Å². The van der Waals surface area contributed by atoms with Crippen molar-refractivity contribution in [2.45, 2.75) is 52.1 Å². The number of thioether (sulfide) groups is 1. The van der Waals surface area contributed by atoms with Crippen molar-refractivity contribution in [1.29, 1.82) is 0 Å². The van der Waals surface area contributed by atoms with Gasteiger partial charge in [0, 0.05) is 15.5 Å². The zero-order chi connectivity index (χ0) is 13.4. The third-order valence-electron chi connectivity index (χ3n) is 4.22. The summed E-state index contributed by atoms with van der Waals surface area (Å²) in [5, 5.41) is 4.79. The molecule has 1 aromatic heterocycles. The van der Waals surface area contributed by atoms with Crippen molar-refractivity contribution in [3.8, 4) is 0 Å². The number of aryl methyl sites for hydroxylation is 2. The summed E-state index contributed by atoms with van der Waals surface area (Å²) < 4.78 is 0. The summed E-state index contributed by atoms with van der Waals surface area (Å²) in [5.41, 5.74) is 1.43. The van der Waals surface area contributed by atoms with Crippen LogP contribution in [0.1, 0.15) is 47.5 Å². The fourth-order valence-electron chi connectivity index (χ4n) is 3.18. The summed E-state index contributed by atoms with van der Waals surface area (Å²) in [6.45, 7) is 6.65. The Hall–Kier alpha value is -0.480. The number of nitrogens with zero attached hydrogens (tertiary/aromatic N) is 1. The molecule has 2 heterocycles. The van der Waals surface area contributed by atoms with Crippen LogP contribution in [0.5, 0.6) is 0 Å². The minimum atomic E-state index is 0.370. The van der Waals surface area contributed by atoms with Crippen LogP contribution < -0.4 is 5.32 Å². The van der Waals surface area contributed by atoms with Gasteiger partial charge in [-0.2, -0.15) is 0 Å². The third-order valence-corrected chi connectivity index (χ3v) is 6.30. The van der Waals surface area contributed by atoms with Crippen molar-refractivity contribution in [2.24, 2.45) is 10.9 Å². The second kappa shape index (κ2) is 5.49. The number of hydrogen-bond donors (Lipinski definition) is 1. The first kappa shape index (κ1) is 13.5. The molecule has 0 radical (unpaired) electrons. The molecule has 0 bridgehead atoms. The highest BCUT2D eigenvalue weighted by atomic mass is 32.2. The van der Waals surface area contributed by atoms with Gasteiger partial charge in [-0.15, -0.1) is 11.3 Å². The van der Waals surface area contributed by atoms with E-state index in [0.29, 0.717) is 12.1 Å². The van der Waals surface area contributed by atoms with Gasteiger partial charge in [-0.05, 0) is 51.2 Å². The fourth-order valence-corrected chi connectivity index (χ4v) is 5.43. The van der Waals surface area contributed by atoms with Crippen molar-refractivity contribution in [3.05, 3.63) is 21.4 Å². The highest BCUT2D eigenvalue weighted by Crippen LogP contribution is 2.35. The number of thiophene rings is 1. The van der Waals surface area contributed by atoms with E-state index in [-0.39, 0.29) is 0 Å². The van der Waals surface area contributed by atoms with Gasteiger partial charge in [0.05, 0.1) is 12.1 Å². The molecule has 1 aliphatic carbocycles. The highest BCUT2D eigenvalue weighted by molar-refractivity contribution is 8.13. The Bertz CT molecular complexity index is 492. The lowest BCUT2D eigenvalue weighted by Gasteiger charge is -2.25. The average Bonchev–Trinajstić information content (AvgIpc) is 2.94. The largest absolute Gasteiger partial charge is 0.358 e. The Morgan fingerprint density at radius 1 is 1.37 bits per heavy atom. The van der Waals surface area contributed by atoms with E-state index < -0.39 is 0 Å². The number of amidine groups is 1. The fraction of sp³-hybridized carbons (Fsp3) is 0.667. The molecule has 1 fully saturated rings. The van der Waals surface area contributed by atoms with Crippen LogP contribution in [0.3, 0.4) is 0 Å². The molecule has 3 rings (SSSR count). The topological polar surface area (TPSA) is 24.4 Å². The summed E-state index contributed by atoms with van der Waals surface area (Å²) >= 11 is 3.81. The van der Waals surface area contributed by atoms with E-state index >= 15 is 0 Å². The summed E-state index contributed by atoms with van der Waals surface area (Å²) in [6, 6.07) is 3.28. The number of hydrogen-bond acceptors (Lipinski definition) is 4. The smallest absolute Gasteiger partial charge is 0.157 e. The number of nitrogens with one attached hydrogen (secondary N) is 1. The molecule has 0 aromatic carbocycles. The monoisotopic (exact) mass is 294 g/mol. The number of fused-ring (bicyclic) bond motifs is 1. The van der Waals surface area contributed by atoms with Crippen molar-refractivity contribution in [1.82, 2.24) is 5.32 Å². The minimum absolute atomic E-state index is 0.370. The molecule has 104 valence electrons. The highest BCUT2D eigenvalue weighted by Gasteiger charge is 2.31. The second-order valence-electron chi connectivity index (χ2n) is 5.74. The zero-order valence-electron chi connectivity index (χ0n) is 11.9. The molecule has 1 saturated carbocycles. The van der Waals surface area contributed by atoms with Crippen molar-refractivity contribution in [3.63, 3.8) is 0 Å². The lowest BCUT2D eigenvalue weighted by Crippen LogP contribution is -2.31. The number of rotatable bonds is 2. The van der Waals surface area contributed by atoms with Gasteiger partial charge in [0.2, 0.25) is 0 Å². The van der Waals surface area contributed by atoms with Crippen LogP contribution in [-0.4, -0.2) is 17.0 Å². The average molecular weight is 294 g/mol. The standard InChI is InChI=1S/C15H22N2S2/c1-9-7-13(11(3)19-9)10(2)16-15-17-14-6-4-5-12(14)8-18-15/h7,10,12,14H,4-6,8H2,1-3H3,(H,16,17). The normalized spacial score (nSPS) is 27.8. The molecule has 2 nitrogen and oxygen atoms in total. The Labute approximate surface area is 124 Å². The van der Waals surface area contributed by atoms with Crippen LogP contribution >= 0.6 is 23.1 Å². The van der Waals surface area contributed by atoms with E-state index in [2.05, 4.69) is 32.2 Å². The lowest BCUT2D eigenvalue weighted by molar-refractivity contribution is 0.531. The van der Waals surface area contributed by atoms with Crippen LogP contribution in [0.2, 0.25) is 0 Å². The molecule has 19 heavy (non-hydrogen) atoms. The van der Waals surface area contributed by atoms with Gasteiger partial charge in [-0.1, -0.05) is 18.2 Å². The van der Waals surface area contributed by atoms with Crippen molar-refractivity contribution in [2.75, 3.05) is 5.75 Å². The van der Waals surface area contributed by atoms with Gasteiger partial charge in [-0.3, -0.25) is 4.99 Å². The zero-order valence-corrected chi connectivity index (χ0v) is 13.5. The Morgan fingerprint density at radius 2 is 2.21 bits per heavy atom. The lowest BCUT2D eigenvalue weighted by atomic mass is 10.1. The molecular formula is C15H22N2S2. The quantitative estimate of drug-likeness (QED) is 0.880. The van der Waals surface area contributed by atoms with E-state index in [1.165, 1.54) is 45.5 Å². The molecule has 3 atom stereocenters. The van der Waals surface area contributed by atoms with Gasteiger partial charge in [0.1, 0.15) is 0 Å². The van der Waals surface area contributed by atoms with Gasteiger partial charge >= 0.3 is 0 Å². The maximum absolute atomic E-state index is 4.92. The molecule has 2 aliphatic rings. The van der Waals surface area contributed by atoms with Gasteiger partial charge in [-0.25, -0.2) is 0 Å². The van der Waals surface area contributed by atoms with Gasteiger partial charge in [0.15, 0.2) is 5.17 Å². The maximum Gasteiger partial charge on any atom is 0.157 e. The first-order valence-electron chi connectivity index (χ1n) is 7.17. The second-order valence-corrected chi connectivity index (χ2v) is 8.21. The van der Waals surface area contributed by atoms with Crippen LogP contribution in [0, 0.1) is 19.8 Å². The minimum Gasteiger partial charge on any atom is -0.358 e. The molecule has 0 spiro atoms. The SMILES string of the molecule is Cc1cc(C(C)NC2=NC3CCCC3CS2)c(C)s1. The summed E-state index contributed by atoms with van der Waals surface area (Å²) in [4.78, 5) is 7.74. The summed E-state index contributed by atoms with van der Waals surface area (Å²) in [7, 11) is 0. The Morgan fingerprint density at radius 3 is 2.95 bits per heavy atom. The van der Waals surface area contributed by atoms with Gasteiger partial charge < -0.3 is 5.32 Å². The summed E-state index contributed by atoms with van der Waals surface area (Å²) in [5.74, 6) is 2.10. The predicted molar refractivity (Wildman–Crippen MR) is 86.4 cm³/mol. The third kappa shape index (κ3) is 2.84. The first-order chi connectivity index (χ1) is 9.13. The van der Waals surface area contributed by atoms with Crippen LogP contribution in [0.25, 0.3) is 0 Å². The Balaban J connectivity index is 1.69. The molecule has 1 aromatic rings. The summed E-state index contributed by atoms with van der Waals surface area (Å²) in [6.07, 6.45) is 4.04. The van der Waals surface area contributed by atoms with Crippen molar-refractivity contribution >= 4 is 28.3 Å².